The molecule has 1 unspecified atom stereocenters. The van der Waals surface area contributed by atoms with Gasteiger partial charge in [0.25, 0.3) is 0 Å². The van der Waals surface area contributed by atoms with Gasteiger partial charge in [0.05, 0.1) is 12.7 Å². The van der Waals surface area contributed by atoms with Crippen LogP contribution < -0.4 is 5.73 Å². The molecule has 0 aromatic carbocycles. The molecule has 0 amide bonds. The number of nitrogen functional groups attached to an aromatic ring is 1. The molecular weight excluding hydrogens is 180 g/mol. The van der Waals surface area contributed by atoms with Gasteiger partial charge in [0, 0.05) is 19.2 Å². The van der Waals surface area contributed by atoms with Gasteiger partial charge in [-0.25, -0.2) is 4.98 Å². The highest BCUT2D eigenvalue weighted by molar-refractivity contribution is 5.38. The molecule has 0 saturated heterocycles. The summed E-state index contributed by atoms with van der Waals surface area (Å²) in [5, 5.41) is 9.55. The molecule has 1 aromatic heterocycles. The summed E-state index contributed by atoms with van der Waals surface area (Å²) < 4.78 is 5.10. The van der Waals surface area contributed by atoms with E-state index in [9.17, 15) is 5.11 Å². The van der Waals surface area contributed by atoms with Crippen molar-refractivity contribution in [3.05, 3.63) is 23.9 Å². The highest BCUT2D eigenvalue weighted by atomic mass is 16.5. The van der Waals surface area contributed by atoms with Gasteiger partial charge < -0.3 is 15.6 Å². The number of aromatic nitrogens is 1. The van der Waals surface area contributed by atoms with Crippen molar-refractivity contribution in [3.8, 4) is 0 Å². The maximum absolute atomic E-state index is 9.55. The van der Waals surface area contributed by atoms with Crippen LogP contribution in [-0.4, -0.2) is 29.4 Å². The molecule has 0 spiro atoms. The molecule has 0 saturated carbocycles. The van der Waals surface area contributed by atoms with E-state index >= 15 is 0 Å². The molecule has 78 valence electrons. The Kier molecular flexibility index (Phi) is 4.35. The van der Waals surface area contributed by atoms with Crippen LogP contribution in [0.25, 0.3) is 0 Å². The molecule has 0 radical (unpaired) electrons. The Morgan fingerprint density at radius 1 is 1.64 bits per heavy atom. The fraction of sp³-hybridized carbons (Fsp3) is 0.500. The SMILES string of the molecule is CCOCC(O)Cc1cccnc1N. The summed E-state index contributed by atoms with van der Waals surface area (Å²) in [6.07, 6.45) is 1.61. The molecule has 1 heterocycles. The number of aliphatic hydroxyl groups excluding tert-OH is 1. The quantitative estimate of drug-likeness (QED) is 0.723. The molecular formula is C10H16N2O2. The highest BCUT2D eigenvalue weighted by Crippen LogP contribution is 2.09. The minimum atomic E-state index is -0.513. The summed E-state index contributed by atoms with van der Waals surface area (Å²) in [5.41, 5.74) is 6.50. The van der Waals surface area contributed by atoms with Gasteiger partial charge >= 0.3 is 0 Å². The molecule has 4 nitrogen and oxygen atoms in total. The predicted octanol–water partition coefficient (Wildman–Crippen LogP) is 0.604. The zero-order chi connectivity index (χ0) is 10.4. The maximum atomic E-state index is 9.55. The van der Waals surface area contributed by atoms with Crippen molar-refractivity contribution in [2.45, 2.75) is 19.4 Å². The minimum absolute atomic E-state index is 0.338. The Balaban J connectivity index is 2.47. The van der Waals surface area contributed by atoms with Crippen molar-refractivity contribution in [2.75, 3.05) is 18.9 Å². The lowest BCUT2D eigenvalue weighted by atomic mass is 10.1. The number of ether oxygens (including phenoxy) is 1. The van der Waals surface area contributed by atoms with E-state index in [4.69, 9.17) is 10.5 Å². The number of aliphatic hydroxyl groups is 1. The number of pyridine rings is 1. The first kappa shape index (κ1) is 10.9. The highest BCUT2D eigenvalue weighted by Gasteiger charge is 2.07. The second-order valence-corrected chi connectivity index (χ2v) is 3.07. The van der Waals surface area contributed by atoms with Gasteiger partial charge in [-0.2, -0.15) is 0 Å². The summed E-state index contributed by atoms with van der Waals surface area (Å²) in [4.78, 5) is 3.94. The van der Waals surface area contributed by atoms with Crippen molar-refractivity contribution >= 4 is 5.82 Å². The van der Waals surface area contributed by atoms with Crippen molar-refractivity contribution in [1.82, 2.24) is 4.98 Å². The van der Waals surface area contributed by atoms with Crippen LogP contribution in [-0.2, 0) is 11.2 Å². The zero-order valence-corrected chi connectivity index (χ0v) is 8.31. The first-order chi connectivity index (χ1) is 6.74. The molecule has 0 bridgehead atoms. The number of hydrogen-bond donors (Lipinski definition) is 2. The van der Waals surface area contributed by atoms with Gasteiger partial charge in [0.15, 0.2) is 0 Å². The van der Waals surface area contributed by atoms with E-state index in [1.54, 1.807) is 12.3 Å². The van der Waals surface area contributed by atoms with Crippen molar-refractivity contribution in [2.24, 2.45) is 0 Å². The first-order valence-corrected chi connectivity index (χ1v) is 4.69. The summed E-state index contributed by atoms with van der Waals surface area (Å²) in [7, 11) is 0. The third-order valence-corrected chi connectivity index (χ3v) is 1.90. The smallest absolute Gasteiger partial charge is 0.126 e. The molecule has 14 heavy (non-hydrogen) atoms. The van der Waals surface area contributed by atoms with Gasteiger partial charge in [0.2, 0.25) is 0 Å². The normalized spacial score (nSPS) is 12.7. The molecule has 0 fully saturated rings. The molecule has 0 aliphatic carbocycles. The Labute approximate surface area is 83.7 Å². The third-order valence-electron chi connectivity index (χ3n) is 1.90. The van der Waals surface area contributed by atoms with E-state index in [-0.39, 0.29) is 0 Å². The number of anilines is 1. The van der Waals surface area contributed by atoms with Gasteiger partial charge in [-0.05, 0) is 18.6 Å². The van der Waals surface area contributed by atoms with Crippen LogP contribution in [0.15, 0.2) is 18.3 Å². The Bertz CT molecular complexity index is 279. The van der Waals surface area contributed by atoms with Crippen molar-refractivity contribution in [3.63, 3.8) is 0 Å². The van der Waals surface area contributed by atoms with Crippen LogP contribution >= 0.6 is 0 Å². The molecule has 1 aromatic rings. The largest absolute Gasteiger partial charge is 0.390 e. The first-order valence-electron chi connectivity index (χ1n) is 4.69. The number of rotatable bonds is 5. The van der Waals surface area contributed by atoms with Gasteiger partial charge in [-0.1, -0.05) is 6.07 Å². The number of nitrogens with two attached hydrogens (primary N) is 1. The Hall–Kier alpha value is -1.13. The van der Waals surface area contributed by atoms with Crippen molar-refractivity contribution < 1.29 is 9.84 Å². The predicted molar refractivity (Wildman–Crippen MR) is 54.9 cm³/mol. The molecule has 1 atom stereocenters. The standard InChI is InChI=1S/C10H16N2O2/c1-2-14-7-9(13)6-8-4-3-5-12-10(8)11/h3-5,9,13H,2,6-7H2,1H3,(H2,11,12). The Morgan fingerprint density at radius 2 is 2.43 bits per heavy atom. The lowest BCUT2D eigenvalue weighted by Crippen LogP contribution is -2.19. The molecule has 1 rings (SSSR count). The van der Waals surface area contributed by atoms with E-state index < -0.39 is 6.10 Å². The van der Waals surface area contributed by atoms with Crippen LogP contribution in [0.4, 0.5) is 5.82 Å². The topological polar surface area (TPSA) is 68.4 Å². The average molecular weight is 196 g/mol. The zero-order valence-electron chi connectivity index (χ0n) is 8.31. The monoisotopic (exact) mass is 196 g/mol. The lowest BCUT2D eigenvalue weighted by molar-refractivity contribution is 0.0430. The van der Waals surface area contributed by atoms with E-state index in [0.717, 1.165) is 5.56 Å². The molecule has 0 aliphatic rings. The van der Waals surface area contributed by atoms with E-state index in [2.05, 4.69) is 4.98 Å². The van der Waals surface area contributed by atoms with E-state index in [1.807, 2.05) is 13.0 Å². The second-order valence-electron chi connectivity index (χ2n) is 3.07. The average Bonchev–Trinajstić information content (AvgIpc) is 2.18. The van der Waals surface area contributed by atoms with Gasteiger partial charge in [-0.3, -0.25) is 0 Å². The van der Waals surface area contributed by atoms with Crippen LogP contribution in [0.3, 0.4) is 0 Å². The summed E-state index contributed by atoms with van der Waals surface area (Å²) >= 11 is 0. The Morgan fingerprint density at radius 3 is 3.07 bits per heavy atom. The van der Waals surface area contributed by atoms with Crippen LogP contribution in [0.2, 0.25) is 0 Å². The number of hydrogen-bond acceptors (Lipinski definition) is 4. The second kappa shape index (κ2) is 5.57. The van der Waals surface area contributed by atoms with Crippen molar-refractivity contribution in [1.29, 1.82) is 0 Å². The van der Waals surface area contributed by atoms with E-state index in [0.29, 0.717) is 25.5 Å². The molecule has 3 N–H and O–H groups in total. The molecule has 0 aliphatic heterocycles. The summed E-state index contributed by atoms with van der Waals surface area (Å²) in [6.45, 7) is 2.84. The maximum Gasteiger partial charge on any atom is 0.126 e. The lowest BCUT2D eigenvalue weighted by Gasteiger charge is -2.11. The fourth-order valence-electron chi connectivity index (χ4n) is 1.19. The molecule has 4 heteroatoms. The summed E-state index contributed by atoms with van der Waals surface area (Å²) in [6, 6.07) is 3.66. The fourth-order valence-corrected chi connectivity index (χ4v) is 1.19. The van der Waals surface area contributed by atoms with Crippen LogP contribution in [0.5, 0.6) is 0 Å². The van der Waals surface area contributed by atoms with Crippen LogP contribution in [0.1, 0.15) is 12.5 Å². The third kappa shape index (κ3) is 3.32. The minimum Gasteiger partial charge on any atom is -0.390 e. The van der Waals surface area contributed by atoms with Gasteiger partial charge in [0.1, 0.15) is 5.82 Å². The van der Waals surface area contributed by atoms with Crippen LogP contribution in [0, 0.1) is 0 Å². The van der Waals surface area contributed by atoms with E-state index in [1.165, 1.54) is 0 Å². The number of nitrogens with zero attached hydrogens (tertiary/aromatic N) is 1. The summed E-state index contributed by atoms with van der Waals surface area (Å²) in [5.74, 6) is 0.475. The van der Waals surface area contributed by atoms with Gasteiger partial charge in [-0.15, -0.1) is 0 Å².